The fourth-order valence-corrected chi connectivity index (χ4v) is 3.65. The van der Waals surface area contributed by atoms with Gasteiger partial charge in [-0.15, -0.1) is 23.1 Å². The number of hydrogen-bond donors (Lipinski definition) is 2. The molecule has 3 aromatic rings. The number of carbonyl (C=O) groups excluding carboxylic acids is 1. The highest BCUT2D eigenvalue weighted by atomic mass is 32.2. The van der Waals surface area contributed by atoms with E-state index in [9.17, 15) is 9.90 Å². The lowest BCUT2D eigenvalue weighted by Crippen LogP contribution is -2.22. The summed E-state index contributed by atoms with van der Waals surface area (Å²) in [7, 11) is 0. The number of nitrogens with one attached hydrogen (secondary N) is 1. The number of aromatic hydroxyl groups is 1. The molecule has 0 fully saturated rings. The third kappa shape index (κ3) is 4.15. The summed E-state index contributed by atoms with van der Waals surface area (Å²) in [5.74, 6) is 0.120. The van der Waals surface area contributed by atoms with E-state index >= 15 is 0 Å². The van der Waals surface area contributed by atoms with Crippen LogP contribution in [-0.2, 0) is 4.79 Å². The van der Waals surface area contributed by atoms with E-state index in [1.807, 2.05) is 42.6 Å². The van der Waals surface area contributed by atoms with Gasteiger partial charge in [0.25, 0.3) is 0 Å². The molecule has 1 unspecified atom stereocenters. The lowest BCUT2D eigenvalue weighted by Gasteiger charge is -2.10. The van der Waals surface area contributed by atoms with Gasteiger partial charge < -0.3 is 10.4 Å². The molecule has 0 aliphatic carbocycles. The number of thiazole rings is 1. The molecule has 6 heteroatoms. The topological polar surface area (TPSA) is 62.2 Å². The average molecular weight is 356 g/mol. The number of phenols is 1. The standard InChI is InChI=1S/C18H16N2O2S2/c1-12(24-15-9-7-14(21)8-10-15)17(22)20-18-19-16(11-23-18)13-5-3-2-4-6-13/h2-12,21H,1H3,(H,19,20,22). The SMILES string of the molecule is CC(Sc1ccc(O)cc1)C(=O)Nc1nc(-c2ccccc2)cs1. The van der Waals surface area contributed by atoms with Crippen LogP contribution >= 0.6 is 23.1 Å². The Morgan fingerprint density at radius 3 is 2.58 bits per heavy atom. The number of aromatic nitrogens is 1. The zero-order valence-electron chi connectivity index (χ0n) is 13.0. The van der Waals surface area contributed by atoms with Gasteiger partial charge in [-0.05, 0) is 31.2 Å². The quantitative estimate of drug-likeness (QED) is 0.654. The van der Waals surface area contributed by atoms with Gasteiger partial charge in [-0.2, -0.15) is 0 Å². The maximum absolute atomic E-state index is 12.3. The fourth-order valence-electron chi connectivity index (χ4n) is 2.06. The highest BCUT2D eigenvalue weighted by Gasteiger charge is 2.16. The Kier molecular flexibility index (Phi) is 5.17. The van der Waals surface area contributed by atoms with Crippen molar-refractivity contribution in [3.05, 3.63) is 60.0 Å². The van der Waals surface area contributed by atoms with Crippen LogP contribution in [0.1, 0.15) is 6.92 Å². The molecule has 0 aliphatic heterocycles. The number of phenolic OH excluding ortho intramolecular Hbond substituents is 1. The summed E-state index contributed by atoms with van der Waals surface area (Å²) in [5.41, 5.74) is 1.88. The molecule has 122 valence electrons. The zero-order valence-corrected chi connectivity index (χ0v) is 14.6. The third-order valence-corrected chi connectivity index (χ3v) is 5.19. The van der Waals surface area contributed by atoms with E-state index in [-0.39, 0.29) is 16.9 Å². The molecule has 2 aromatic carbocycles. The molecule has 24 heavy (non-hydrogen) atoms. The first-order chi connectivity index (χ1) is 11.6. The van der Waals surface area contributed by atoms with E-state index in [0.717, 1.165) is 16.2 Å². The van der Waals surface area contributed by atoms with E-state index in [1.54, 1.807) is 24.3 Å². The fraction of sp³-hybridized carbons (Fsp3) is 0.111. The Labute approximate surface area is 148 Å². The largest absolute Gasteiger partial charge is 0.508 e. The van der Waals surface area contributed by atoms with E-state index in [0.29, 0.717) is 5.13 Å². The first-order valence-electron chi connectivity index (χ1n) is 7.39. The number of thioether (sulfide) groups is 1. The first-order valence-corrected chi connectivity index (χ1v) is 9.15. The Balaban J connectivity index is 1.62. The molecule has 0 aliphatic rings. The summed E-state index contributed by atoms with van der Waals surface area (Å²) < 4.78 is 0. The summed E-state index contributed by atoms with van der Waals surface area (Å²) in [6, 6.07) is 16.7. The van der Waals surface area contributed by atoms with Crippen LogP contribution in [0.25, 0.3) is 11.3 Å². The van der Waals surface area contributed by atoms with Gasteiger partial charge in [0.2, 0.25) is 5.91 Å². The lowest BCUT2D eigenvalue weighted by molar-refractivity contribution is -0.115. The van der Waals surface area contributed by atoms with Crippen molar-refractivity contribution in [2.45, 2.75) is 17.1 Å². The minimum atomic E-state index is -0.265. The zero-order chi connectivity index (χ0) is 16.9. The maximum Gasteiger partial charge on any atom is 0.239 e. The molecular weight excluding hydrogens is 340 g/mol. The molecule has 1 atom stereocenters. The van der Waals surface area contributed by atoms with Gasteiger partial charge in [-0.3, -0.25) is 4.79 Å². The van der Waals surface area contributed by atoms with Crippen LogP contribution in [0.4, 0.5) is 5.13 Å². The number of benzene rings is 2. The van der Waals surface area contributed by atoms with Crippen LogP contribution in [-0.4, -0.2) is 21.2 Å². The van der Waals surface area contributed by atoms with Crippen molar-refractivity contribution >= 4 is 34.1 Å². The molecule has 1 heterocycles. The van der Waals surface area contributed by atoms with Gasteiger partial charge in [-0.25, -0.2) is 4.98 Å². The highest BCUT2D eigenvalue weighted by Crippen LogP contribution is 2.28. The number of hydrogen-bond acceptors (Lipinski definition) is 5. The number of nitrogens with zero attached hydrogens (tertiary/aromatic N) is 1. The normalized spacial score (nSPS) is 11.9. The van der Waals surface area contributed by atoms with Gasteiger partial charge in [0.05, 0.1) is 10.9 Å². The molecule has 0 saturated heterocycles. The Morgan fingerprint density at radius 1 is 1.17 bits per heavy atom. The molecule has 3 rings (SSSR count). The molecule has 0 radical (unpaired) electrons. The number of anilines is 1. The predicted molar refractivity (Wildman–Crippen MR) is 99.6 cm³/mol. The predicted octanol–water partition coefficient (Wildman–Crippen LogP) is 4.64. The molecule has 1 aromatic heterocycles. The van der Waals surface area contributed by atoms with Gasteiger partial charge >= 0.3 is 0 Å². The molecular formula is C18H16N2O2S2. The van der Waals surface area contributed by atoms with Crippen molar-refractivity contribution in [3.63, 3.8) is 0 Å². The Bertz CT molecular complexity index is 817. The third-order valence-electron chi connectivity index (χ3n) is 3.32. The smallest absolute Gasteiger partial charge is 0.239 e. The molecule has 0 spiro atoms. The van der Waals surface area contributed by atoms with Gasteiger partial charge in [-0.1, -0.05) is 30.3 Å². The van der Waals surface area contributed by atoms with E-state index in [2.05, 4.69) is 10.3 Å². The van der Waals surface area contributed by atoms with Crippen molar-refractivity contribution in [2.75, 3.05) is 5.32 Å². The lowest BCUT2D eigenvalue weighted by atomic mass is 10.2. The molecule has 1 amide bonds. The van der Waals surface area contributed by atoms with Crippen LogP contribution in [0.15, 0.2) is 64.9 Å². The molecule has 4 nitrogen and oxygen atoms in total. The first kappa shape index (κ1) is 16.5. The summed E-state index contributed by atoms with van der Waals surface area (Å²) >= 11 is 2.85. The van der Waals surface area contributed by atoms with E-state index in [4.69, 9.17) is 0 Å². The van der Waals surface area contributed by atoms with Crippen molar-refractivity contribution in [2.24, 2.45) is 0 Å². The van der Waals surface area contributed by atoms with Crippen LogP contribution < -0.4 is 5.32 Å². The highest BCUT2D eigenvalue weighted by molar-refractivity contribution is 8.00. The Hall–Kier alpha value is -2.31. The molecule has 2 N–H and O–H groups in total. The summed E-state index contributed by atoms with van der Waals surface area (Å²) in [5, 5.41) is 14.4. The van der Waals surface area contributed by atoms with Gasteiger partial charge in [0, 0.05) is 15.8 Å². The monoisotopic (exact) mass is 356 g/mol. The summed E-state index contributed by atoms with van der Waals surface area (Å²) in [4.78, 5) is 17.7. The van der Waals surface area contributed by atoms with E-state index < -0.39 is 0 Å². The Morgan fingerprint density at radius 2 is 1.88 bits per heavy atom. The van der Waals surface area contributed by atoms with Crippen molar-refractivity contribution in [3.8, 4) is 17.0 Å². The maximum atomic E-state index is 12.3. The number of rotatable bonds is 5. The summed E-state index contributed by atoms with van der Waals surface area (Å²) in [6.07, 6.45) is 0. The van der Waals surface area contributed by atoms with Gasteiger partial charge in [0.15, 0.2) is 5.13 Å². The van der Waals surface area contributed by atoms with Crippen molar-refractivity contribution in [1.29, 1.82) is 0 Å². The average Bonchev–Trinajstić information content (AvgIpc) is 3.06. The van der Waals surface area contributed by atoms with Crippen LogP contribution in [0.2, 0.25) is 0 Å². The van der Waals surface area contributed by atoms with E-state index in [1.165, 1.54) is 23.1 Å². The van der Waals surface area contributed by atoms with Gasteiger partial charge in [0.1, 0.15) is 5.75 Å². The molecule has 0 bridgehead atoms. The van der Waals surface area contributed by atoms with Crippen molar-refractivity contribution < 1.29 is 9.90 Å². The number of carbonyl (C=O) groups is 1. The van der Waals surface area contributed by atoms with Crippen LogP contribution in [0, 0.1) is 0 Å². The van der Waals surface area contributed by atoms with Crippen LogP contribution in [0.5, 0.6) is 5.75 Å². The number of amides is 1. The summed E-state index contributed by atoms with van der Waals surface area (Å²) in [6.45, 7) is 1.85. The van der Waals surface area contributed by atoms with Crippen molar-refractivity contribution in [1.82, 2.24) is 4.98 Å². The molecule has 0 saturated carbocycles. The second kappa shape index (κ2) is 7.51. The minimum Gasteiger partial charge on any atom is -0.508 e. The second-order valence-electron chi connectivity index (χ2n) is 5.15. The second-order valence-corrected chi connectivity index (χ2v) is 7.42. The van der Waals surface area contributed by atoms with Crippen LogP contribution in [0.3, 0.4) is 0 Å². The minimum absolute atomic E-state index is 0.0953.